The van der Waals surface area contributed by atoms with Crippen LogP contribution in [0.4, 0.5) is 0 Å². The molecular weight excluding hydrogens is 396 g/mol. The fourth-order valence-corrected chi connectivity index (χ4v) is 5.19. The van der Waals surface area contributed by atoms with Crippen molar-refractivity contribution in [3.63, 3.8) is 0 Å². The third kappa shape index (κ3) is 4.74. The summed E-state index contributed by atoms with van der Waals surface area (Å²) in [5.74, 6) is -0.385. The monoisotopic (exact) mass is 420 g/mol. The molecule has 1 heterocycles. The summed E-state index contributed by atoms with van der Waals surface area (Å²) in [7, 11) is -3.61. The Labute approximate surface area is 171 Å². The van der Waals surface area contributed by atoms with E-state index in [1.54, 1.807) is 0 Å². The topological polar surface area (TPSA) is 66.5 Å². The fraction of sp³-hybridized carbons (Fsp3) is 0.381. The lowest BCUT2D eigenvalue weighted by Crippen LogP contribution is -2.45. The molecule has 3 rings (SSSR count). The van der Waals surface area contributed by atoms with Crippen LogP contribution in [0.3, 0.4) is 0 Å². The van der Waals surface area contributed by atoms with Crippen LogP contribution in [0.5, 0.6) is 0 Å². The smallest absolute Gasteiger partial charge is 0.253 e. The second kappa shape index (κ2) is 8.23. The summed E-state index contributed by atoms with van der Waals surface area (Å²) in [6.07, 6.45) is 2.35. The molecule has 0 unspecified atom stereocenters. The van der Waals surface area contributed by atoms with Gasteiger partial charge in [0.05, 0.1) is 15.5 Å². The minimum atomic E-state index is -3.61. The van der Waals surface area contributed by atoms with Crippen LogP contribution in [-0.2, 0) is 16.4 Å². The highest BCUT2D eigenvalue weighted by atomic mass is 35.5. The standard InChI is InChI=1S/C21H25ClN2O3S/c1-21(2,15-16-8-4-3-5-9-16)23-20(25)18-14-17(10-11-19(18)22)28(26,27)24-12-6-7-13-24/h3-5,8-11,14H,6-7,12-13,15H2,1-2H3,(H,23,25). The molecule has 1 aliphatic heterocycles. The Balaban J connectivity index is 1.81. The van der Waals surface area contributed by atoms with Crippen molar-refractivity contribution in [2.24, 2.45) is 0 Å². The highest BCUT2D eigenvalue weighted by Crippen LogP contribution is 2.26. The van der Waals surface area contributed by atoms with Crippen LogP contribution in [0.2, 0.25) is 5.02 Å². The van der Waals surface area contributed by atoms with E-state index in [1.807, 2.05) is 44.2 Å². The number of halogens is 1. The Morgan fingerprint density at radius 2 is 1.75 bits per heavy atom. The van der Waals surface area contributed by atoms with Crippen LogP contribution in [0.1, 0.15) is 42.6 Å². The first-order chi connectivity index (χ1) is 13.2. The number of benzene rings is 2. The Morgan fingerprint density at radius 1 is 1.11 bits per heavy atom. The molecule has 0 bridgehead atoms. The van der Waals surface area contributed by atoms with Crippen LogP contribution in [-0.4, -0.2) is 37.3 Å². The summed E-state index contributed by atoms with van der Waals surface area (Å²) in [5.41, 5.74) is 0.748. The second-order valence-corrected chi connectivity index (χ2v) is 10.1. The average Bonchev–Trinajstić information content (AvgIpc) is 3.17. The molecule has 0 atom stereocenters. The van der Waals surface area contributed by atoms with E-state index in [0.717, 1.165) is 18.4 Å². The van der Waals surface area contributed by atoms with E-state index in [4.69, 9.17) is 11.6 Å². The molecule has 28 heavy (non-hydrogen) atoms. The maximum absolute atomic E-state index is 12.9. The summed E-state index contributed by atoms with van der Waals surface area (Å²) in [6, 6.07) is 14.2. The van der Waals surface area contributed by atoms with Crippen molar-refractivity contribution in [1.82, 2.24) is 9.62 Å². The summed E-state index contributed by atoms with van der Waals surface area (Å²) < 4.78 is 27.1. The number of rotatable bonds is 6. The van der Waals surface area contributed by atoms with E-state index in [1.165, 1.54) is 22.5 Å². The average molecular weight is 421 g/mol. The number of nitrogens with zero attached hydrogens (tertiary/aromatic N) is 1. The number of sulfonamides is 1. The van der Waals surface area contributed by atoms with Gasteiger partial charge in [0.15, 0.2) is 0 Å². The van der Waals surface area contributed by atoms with Crippen LogP contribution in [0.25, 0.3) is 0 Å². The van der Waals surface area contributed by atoms with Crippen molar-refractivity contribution in [1.29, 1.82) is 0 Å². The maximum Gasteiger partial charge on any atom is 0.253 e. The van der Waals surface area contributed by atoms with E-state index in [2.05, 4.69) is 5.32 Å². The Bertz CT molecular complexity index is 953. The quantitative estimate of drug-likeness (QED) is 0.771. The predicted molar refractivity (Wildman–Crippen MR) is 111 cm³/mol. The van der Waals surface area contributed by atoms with E-state index in [-0.39, 0.29) is 21.4 Å². The van der Waals surface area contributed by atoms with Gasteiger partial charge in [0, 0.05) is 18.6 Å². The zero-order chi connectivity index (χ0) is 20.4. The van der Waals surface area contributed by atoms with Crippen molar-refractivity contribution in [3.8, 4) is 0 Å². The number of nitrogens with one attached hydrogen (secondary N) is 1. The molecule has 150 valence electrons. The normalized spacial score (nSPS) is 15.5. The molecule has 5 nitrogen and oxygen atoms in total. The van der Waals surface area contributed by atoms with Crippen LogP contribution < -0.4 is 5.32 Å². The largest absolute Gasteiger partial charge is 0.347 e. The van der Waals surface area contributed by atoms with Gasteiger partial charge in [0.1, 0.15) is 0 Å². The van der Waals surface area contributed by atoms with Crippen molar-refractivity contribution in [2.45, 2.75) is 43.5 Å². The van der Waals surface area contributed by atoms with Gasteiger partial charge in [0.2, 0.25) is 10.0 Å². The van der Waals surface area contributed by atoms with Gasteiger partial charge in [-0.1, -0.05) is 41.9 Å². The van der Waals surface area contributed by atoms with Crippen LogP contribution >= 0.6 is 11.6 Å². The first-order valence-electron chi connectivity index (χ1n) is 9.35. The first-order valence-corrected chi connectivity index (χ1v) is 11.2. The van der Waals surface area contributed by atoms with Crippen molar-refractivity contribution in [3.05, 3.63) is 64.7 Å². The highest BCUT2D eigenvalue weighted by Gasteiger charge is 2.29. The third-order valence-electron chi connectivity index (χ3n) is 4.83. The van der Waals surface area contributed by atoms with Gasteiger partial charge >= 0.3 is 0 Å². The van der Waals surface area contributed by atoms with Gasteiger partial charge < -0.3 is 5.32 Å². The number of hydrogen-bond acceptors (Lipinski definition) is 3. The minimum Gasteiger partial charge on any atom is -0.347 e. The molecule has 1 aliphatic rings. The van der Waals surface area contributed by atoms with Gasteiger partial charge in [-0.3, -0.25) is 4.79 Å². The van der Waals surface area contributed by atoms with Gasteiger partial charge in [-0.2, -0.15) is 4.31 Å². The molecule has 7 heteroatoms. The molecule has 0 aliphatic carbocycles. The molecule has 0 spiro atoms. The Hall–Kier alpha value is -1.89. The van der Waals surface area contributed by atoms with Gasteiger partial charge in [-0.05, 0) is 56.9 Å². The third-order valence-corrected chi connectivity index (χ3v) is 7.05. The Morgan fingerprint density at radius 3 is 2.39 bits per heavy atom. The van der Waals surface area contributed by atoms with Crippen molar-refractivity contribution < 1.29 is 13.2 Å². The molecule has 0 saturated carbocycles. The molecule has 1 amide bonds. The van der Waals surface area contributed by atoms with E-state index >= 15 is 0 Å². The molecular formula is C21H25ClN2O3S. The van der Waals surface area contributed by atoms with E-state index in [0.29, 0.717) is 19.5 Å². The van der Waals surface area contributed by atoms with Crippen molar-refractivity contribution >= 4 is 27.5 Å². The molecule has 1 fully saturated rings. The van der Waals surface area contributed by atoms with E-state index in [9.17, 15) is 13.2 Å². The maximum atomic E-state index is 12.9. The zero-order valence-corrected chi connectivity index (χ0v) is 17.7. The first kappa shape index (κ1) is 20.8. The van der Waals surface area contributed by atoms with Crippen LogP contribution in [0, 0.1) is 0 Å². The highest BCUT2D eigenvalue weighted by molar-refractivity contribution is 7.89. The predicted octanol–water partition coefficient (Wildman–Crippen LogP) is 3.88. The molecule has 1 N–H and O–H groups in total. The van der Waals surface area contributed by atoms with E-state index < -0.39 is 15.6 Å². The molecule has 2 aromatic carbocycles. The number of amides is 1. The summed E-state index contributed by atoms with van der Waals surface area (Å²) >= 11 is 6.22. The van der Waals surface area contributed by atoms with Crippen LogP contribution in [0.15, 0.2) is 53.4 Å². The molecule has 1 saturated heterocycles. The molecule has 0 radical (unpaired) electrons. The number of carbonyl (C=O) groups excluding carboxylic acids is 1. The number of carbonyl (C=O) groups is 1. The van der Waals surface area contributed by atoms with Gasteiger partial charge in [0.25, 0.3) is 5.91 Å². The zero-order valence-electron chi connectivity index (χ0n) is 16.1. The SMILES string of the molecule is CC(C)(Cc1ccccc1)NC(=O)c1cc(S(=O)(=O)N2CCCC2)ccc1Cl. The second-order valence-electron chi connectivity index (χ2n) is 7.75. The lowest BCUT2D eigenvalue weighted by Gasteiger charge is -2.27. The minimum absolute atomic E-state index is 0.102. The summed E-state index contributed by atoms with van der Waals surface area (Å²) in [5, 5.41) is 3.21. The lowest BCUT2D eigenvalue weighted by atomic mass is 9.94. The lowest BCUT2D eigenvalue weighted by molar-refractivity contribution is 0.0913. The summed E-state index contributed by atoms with van der Waals surface area (Å²) in [4.78, 5) is 13.0. The Kier molecular flexibility index (Phi) is 6.12. The molecule has 2 aromatic rings. The molecule has 0 aromatic heterocycles. The fourth-order valence-electron chi connectivity index (χ4n) is 3.44. The summed E-state index contributed by atoms with van der Waals surface area (Å²) in [6.45, 7) is 4.88. The number of hydrogen-bond donors (Lipinski definition) is 1. The van der Waals surface area contributed by atoms with Gasteiger partial charge in [-0.25, -0.2) is 8.42 Å². The van der Waals surface area contributed by atoms with Crippen molar-refractivity contribution in [2.75, 3.05) is 13.1 Å². The van der Waals surface area contributed by atoms with Gasteiger partial charge in [-0.15, -0.1) is 0 Å².